The summed E-state index contributed by atoms with van der Waals surface area (Å²) in [5, 5.41) is 12.7. The van der Waals surface area contributed by atoms with Crippen molar-refractivity contribution >= 4 is 21.6 Å². The molecular formula is C29H32F4N2O5S. The molecule has 12 heteroatoms. The first-order valence-corrected chi connectivity index (χ1v) is 14.8. The van der Waals surface area contributed by atoms with E-state index in [-0.39, 0.29) is 48.7 Å². The van der Waals surface area contributed by atoms with Gasteiger partial charge >= 0.3 is 6.18 Å². The summed E-state index contributed by atoms with van der Waals surface area (Å²) in [6.45, 7) is 2.17. The van der Waals surface area contributed by atoms with Gasteiger partial charge in [-0.2, -0.15) is 13.2 Å². The van der Waals surface area contributed by atoms with E-state index in [1.54, 1.807) is 12.1 Å². The zero-order valence-corrected chi connectivity index (χ0v) is 23.4. The molecule has 1 unspecified atom stereocenters. The van der Waals surface area contributed by atoms with E-state index in [2.05, 4.69) is 10.0 Å². The van der Waals surface area contributed by atoms with Crippen LogP contribution in [0.3, 0.4) is 0 Å². The number of carbonyl (C=O) groups excluding carboxylic acids is 1. The maximum Gasteiger partial charge on any atom is 0.416 e. The second-order valence-electron chi connectivity index (χ2n) is 9.60. The smallest absolute Gasteiger partial charge is 0.416 e. The quantitative estimate of drug-likeness (QED) is 0.160. The van der Waals surface area contributed by atoms with Crippen LogP contribution in [0.1, 0.15) is 59.2 Å². The molecule has 0 aliphatic carbocycles. The van der Waals surface area contributed by atoms with E-state index in [1.165, 1.54) is 30.3 Å². The van der Waals surface area contributed by atoms with Crippen LogP contribution in [-0.2, 0) is 22.6 Å². The zero-order chi connectivity index (χ0) is 30.2. The Labute approximate surface area is 236 Å². The fourth-order valence-corrected chi connectivity index (χ4v) is 4.72. The number of hydrogen-bond acceptors (Lipinski definition) is 5. The molecule has 0 spiro atoms. The van der Waals surface area contributed by atoms with Crippen LogP contribution in [0.5, 0.6) is 11.5 Å². The van der Waals surface area contributed by atoms with Gasteiger partial charge in [-0.3, -0.25) is 9.52 Å². The van der Waals surface area contributed by atoms with Gasteiger partial charge in [-0.25, -0.2) is 12.8 Å². The topological polar surface area (TPSA) is 105 Å². The maximum atomic E-state index is 14.8. The van der Waals surface area contributed by atoms with Crippen molar-refractivity contribution in [1.29, 1.82) is 0 Å². The number of aromatic hydroxyl groups is 1. The minimum absolute atomic E-state index is 0.00187. The average molecular weight is 597 g/mol. The predicted octanol–water partition coefficient (Wildman–Crippen LogP) is 6.25. The number of sulfonamides is 1. The SMILES string of the molecule is CCCCOc1cc(C(F)(F)F)ccc1CCC(CNC(=O)c1ccccc1O)c1ccc(NS(C)(=O)=O)c(F)c1. The molecular weight excluding hydrogens is 564 g/mol. The third-order valence-corrected chi connectivity index (χ3v) is 6.92. The van der Waals surface area contributed by atoms with Gasteiger partial charge < -0.3 is 15.2 Å². The number of rotatable bonds is 13. The highest BCUT2D eigenvalue weighted by molar-refractivity contribution is 7.92. The zero-order valence-electron chi connectivity index (χ0n) is 22.6. The molecule has 0 bridgehead atoms. The van der Waals surface area contributed by atoms with Crippen molar-refractivity contribution in [2.75, 3.05) is 24.1 Å². The molecule has 0 fully saturated rings. The van der Waals surface area contributed by atoms with Crippen LogP contribution in [0.15, 0.2) is 60.7 Å². The number of ether oxygens (including phenoxy) is 1. The van der Waals surface area contributed by atoms with Gasteiger partial charge in [0.15, 0.2) is 0 Å². The Morgan fingerprint density at radius 2 is 1.80 bits per heavy atom. The van der Waals surface area contributed by atoms with E-state index in [4.69, 9.17) is 4.74 Å². The number of alkyl halides is 3. The monoisotopic (exact) mass is 596 g/mol. The van der Waals surface area contributed by atoms with E-state index in [0.29, 0.717) is 17.5 Å². The van der Waals surface area contributed by atoms with Gasteiger partial charge in [0.1, 0.15) is 17.3 Å². The van der Waals surface area contributed by atoms with Gasteiger partial charge in [-0.05, 0) is 66.8 Å². The summed E-state index contributed by atoms with van der Waals surface area (Å²) in [6.07, 6.45) is -1.69. The number of nitrogens with one attached hydrogen (secondary N) is 2. The molecule has 0 radical (unpaired) electrons. The number of phenolic OH excluding ortho intramolecular Hbond substituents is 1. The normalized spacial score (nSPS) is 12.5. The number of carbonyl (C=O) groups is 1. The first-order chi connectivity index (χ1) is 19.3. The molecule has 1 amide bonds. The Hall–Kier alpha value is -3.80. The van der Waals surface area contributed by atoms with E-state index in [0.717, 1.165) is 30.9 Å². The summed E-state index contributed by atoms with van der Waals surface area (Å²) in [7, 11) is -3.73. The average Bonchev–Trinajstić information content (AvgIpc) is 2.89. The second-order valence-corrected chi connectivity index (χ2v) is 11.3. The highest BCUT2D eigenvalue weighted by atomic mass is 32.2. The Bertz CT molecular complexity index is 1460. The minimum Gasteiger partial charge on any atom is -0.507 e. The van der Waals surface area contributed by atoms with Crippen LogP contribution in [0.4, 0.5) is 23.2 Å². The molecule has 0 heterocycles. The summed E-state index contributed by atoms with van der Waals surface area (Å²) < 4.78 is 85.8. The lowest BCUT2D eigenvalue weighted by atomic mass is 9.91. The lowest BCUT2D eigenvalue weighted by Crippen LogP contribution is -2.29. The van der Waals surface area contributed by atoms with Crippen LogP contribution in [0.2, 0.25) is 0 Å². The van der Waals surface area contributed by atoms with E-state index in [9.17, 15) is 35.9 Å². The third kappa shape index (κ3) is 9.38. The standard InChI is InChI=1S/C29H32F4N2O5S/c1-3-4-15-40-27-17-22(29(31,32)33)13-11-19(27)9-10-21(18-34-28(37)23-7-5-6-8-26(23)36)20-12-14-25(24(30)16-20)35-41(2,38)39/h5-8,11-14,16-17,21,35-36H,3-4,9-10,15,18H2,1-2H3,(H,34,37). The predicted molar refractivity (Wildman–Crippen MR) is 148 cm³/mol. The molecule has 0 aromatic heterocycles. The summed E-state index contributed by atoms with van der Waals surface area (Å²) in [4.78, 5) is 12.7. The molecule has 3 rings (SSSR count). The van der Waals surface area contributed by atoms with Gasteiger partial charge in [0.2, 0.25) is 10.0 Å². The second kappa shape index (κ2) is 13.7. The fraction of sp³-hybridized carbons (Fsp3) is 0.345. The maximum absolute atomic E-state index is 14.8. The summed E-state index contributed by atoms with van der Waals surface area (Å²) >= 11 is 0. The van der Waals surface area contributed by atoms with Gasteiger partial charge in [-0.1, -0.05) is 37.6 Å². The van der Waals surface area contributed by atoms with E-state index in [1.807, 2.05) is 6.92 Å². The minimum atomic E-state index is -4.55. The molecule has 1 atom stereocenters. The Morgan fingerprint density at radius 3 is 2.44 bits per heavy atom. The molecule has 0 aliphatic heterocycles. The van der Waals surface area contributed by atoms with Gasteiger partial charge in [0.05, 0.1) is 29.7 Å². The molecule has 0 aliphatic rings. The Kier molecular flexibility index (Phi) is 10.6. The lowest BCUT2D eigenvalue weighted by Gasteiger charge is -2.21. The van der Waals surface area contributed by atoms with Crippen molar-refractivity contribution in [3.8, 4) is 11.5 Å². The van der Waals surface area contributed by atoms with Gasteiger partial charge in [0.25, 0.3) is 5.91 Å². The van der Waals surface area contributed by atoms with Crippen LogP contribution in [0, 0.1) is 5.82 Å². The van der Waals surface area contributed by atoms with Crippen molar-refractivity contribution in [1.82, 2.24) is 5.32 Å². The molecule has 41 heavy (non-hydrogen) atoms. The number of benzene rings is 3. The van der Waals surface area contributed by atoms with E-state index >= 15 is 0 Å². The molecule has 3 aromatic carbocycles. The first-order valence-electron chi connectivity index (χ1n) is 12.9. The largest absolute Gasteiger partial charge is 0.507 e. The van der Waals surface area contributed by atoms with Gasteiger partial charge in [-0.15, -0.1) is 0 Å². The molecule has 0 saturated carbocycles. The van der Waals surface area contributed by atoms with Crippen LogP contribution >= 0.6 is 0 Å². The molecule has 3 aromatic rings. The highest BCUT2D eigenvalue weighted by Gasteiger charge is 2.31. The molecule has 222 valence electrons. The van der Waals surface area contributed by atoms with Crippen molar-refractivity contribution < 1.29 is 40.6 Å². The van der Waals surface area contributed by atoms with Gasteiger partial charge in [0, 0.05) is 12.5 Å². The Morgan fingerprint density at radius 1 is 1.07 bits per heavy atom. The van der Waals surface area contributed by atoms with E-state index < -0.39 is 39.4 Å². The van der Waals surface area contributed by atoms with Crippen molar-refractivity contribution in [2.45, 2.75) is 44.7 Å². The summed E-state index contributed by atoms with van der Waals surface area (Å²) in [6, 6.07) is 13.2. The summed E-state index contributed by atoms with van der Waals surface area (Å²) in [5.41, 5.74) is -0.0983. The molecule has 0 saturated heterocycles. The number of unbranched alkanes of at least 4 members (excludes halogenated alkanes) is 1. The molecule has 3 N–H and O–H groups in total. The van der Waals surface area contributed by atoms with Crippen LogP contribution < -0.4 is 14.8 Å². The number of anilines is 1. The Balaban J connectivity index is 1.88. The third-order valence-electron chi connectivity index (χ3n) is 6.33. The number of amides is 1. The first kappa shape index (κ1) is 31.7. The summed E-state index contributed by atoms with van der Waals surface area (Å²) in [5.74, 6) is -2.05. The van der Waals surface area contributed by atoms with Crippen LogP contribution in [-0.4, -0.2) is 38.8 Å². The van der Waals surface area contributed by atoms with Crippen molar-refractivity contribution in [2.24, 2.45) is 0 Å². The number of para-hydroxylation sites is 1. The molecule has 7 nitrogen and oxygen atoms in total. The number of halogens is 4. The van der Waals surface area contributed by atoms with Crippen molar-refractivity contribution in [3.05, 3.63) is 88.7 Å². The number of hydrogen-bond donors (Lipinski definition) is 3. The number of phenols is 1. The highest BCUT2D eigenvalue weighted by Crippen LogP contribution is 2.35. The number of aryl methyl sites for hydroxylation is 1. The lowest BCUT2D eigenvalue weighted by molar-refractivity contribution is -0.137. The van der Waals surface area contributed by atoms with Crippen molar-refractivity contribution in [3.63, 3.8) is 0 Å². The van der Waals surface area contributed by atoms with Crippen LogP contribution in [0.25, 0.3) is 0 Å². The fourth-order valence-electron chi connectivity index (χ4n) is 4.16.